The van der Waals surface area contributed by atoms with E-state index < -0.39 is 5.41 Å². The minimum atomic E-state index is -0.405. The number of thiazole rings is 1. The summed E-state index contributed by atoms with van der Waals surface area (Å²) in [5.74, 6) is -0.222. The first-order valence-corrected chi connectivity index (χ1v) is 6.34. The average molecular weight is 290 g/mol. The SMILES string of the molecule is CC1(C(N)=O)CCN(c2nc(Br)cs2)C1. The van der Waals surface area contributed by atoms with Crippen LogP contribution in [0.3, 0.4) is 0 Å². The molecule has 1 aliphatic rings. The van der Waals surface area contributed by atoms with Crippen molar-refractivity contribution in [2.45, 2.75) is 13.3 Å². The maximum atomic E-state index is 11.3. The summed E-state index contributed by atoms with van der Waals surface area (Å²) < 4.78 is 0.843. The first-order valence-electron chi connectivity index (χ1n) is 4.67. The second kappa shape index (κ2) is 3.75. The van der Waals surface area contributed by atoms with Gasteiger partial charge < -0.3 is 10.6 Å². The molecule has 1 aromatic heterocycles. The van der Waals surface area contributed by atoms with Crippen molar-refractivity contribution in [3.63, 3.8) is 0 Å². The van der Waals surface area contributed by atoms with Gasteiger partial charge in [-0.3, -0.25) is 4.79 Å². The van der Waals surface area contributed by atoms with Crippen molar-refractivity contribution in [2.75, 3.05) is 18.0 Å². The molecular formula is C9H12BrN3OS. The van der Waals surface area contributed by atoms with Gasteiger partial charge in [0.15, 0.2) is 5.13 Å². The molecule has 82 valence electrons. The van der Waals surface area contributed by atoms with Crippen molar-refractivity contribution in [2.24, 2.45) is 11.1 Å². The molecule has 0 saturated carbocycles. The van der Waals surface area contributed by atoms with Crippen LogP contribution in [0.15, 0.2) is 9.98 Å². The topological polar surface area (TPSA) is 59.2 Å². The van der Waals surface area contributed by atoms with E-state index in [4.69, 9.17) is 5.73 Å². The minimum absolute atomic E-state index is 0.222. The number of anilines is 1. The van der Waals surface area contributed by atoms with E-state index in [9.17, 15) is 4.79 Å². The quantitative estimate of drug-likeness (QED) is 0.900. The first kappa shape index (κ1) is 10.9. The number of rotatable bonds is 2. The van der Waals surface area contributed by atoms with E-state index in [1.807, 2.05) is 12.3 Å². The molecule has 6 heteroatoms. The van der Waals surface area contributed by atoms with Gasteiger partial charge in [-0.1, -0.05) is 0 Å². The normalized spacial score (nSPS) is 25.9. The van der Waals surface area contributed by atoms with E-state index in [1.54, 1.807) is 11.3 Å². The Hall–Kier alpha value is -0.620. The number of nitrogens with two attached hydrogens (primary N) is 1. The van der Waals surface area contributed by atoms with Gasteiger partial charge in [-0.05, 0) is 29.3 Å². The molecule has 4 nitrogen and oxygen atoms in total. The van der Waals surface area contributed by atoms with Crippen LogP contribution in [0.5, 0.6) is 0 Å². The zero-order valence-corrected chi connectivity index (χ0v) is 10.8. The fourth-order valence-electron chi connectivity index (χ4n) is 1.72. The molecule has 2 rings (SSSR count). The number of primary amides is 1. The van der Waals surface area contributed by atoms with E-state index in [-0.39, 0.29) is 5.91 Å². The molecule has 0 bridgehead atoms. The number of hydrogen-bond donors (Lipinski definition) is 1. The second-order valence-corrected chi connectivity index (χ2v) is 5.70. The maximum Gasteiger partial charge on any atom is 0.225 e. The molecule has 2 heterocycles. The third kappa shape index (κ3) is 2.01. The molecule has 1 unspecified atom stereocenters. The lowest BCUT2D eigenvalue weighted by Gasteiger charge is -2.20. The van der Waals surface area contributed by atoms with Crippen molar-refractivity contribution >= 4 is 38.3 Å². The number of halogens is 1. The van der Waals surface area contributed by atoms with Gasteiger partial charge >= 0.3 is 0 Å². The molecule has 0 aromatic carbocycles. The van der Waals surface area contributed by atoms with E-state index in [0.29, 0.717) is 6.54 Å². The average Bonchev–Trinajstić information content (AvgIpc) is 2.73. The van der Waals surface area contributed by atoms with Gasteiger partial charge in [0, 0.05) is 18.5 Å². The molecule has 1 aliphatic heterocycles. The number of carbonyl (C=O) groups excluding carboxylic acids is 1. The Morgan fingerprint density at radius 1 is 1.80 bits per heavy atom. The number of aromatic nitrogens is 1. The minimum Gasteiger partial charge on any atom is -0.369 e. The highest BCUT2D eigenvalue weighted by atomic mass is 79.9. The lowest BCUT2D eigenvalue weighted by Crippen LogP contribution is -2.37. The Labute approximate surface area is 101 Å². The smallest absolute Gasteiger partial charge is 0.225 e. The Kier molecular flexibility index (Phi) is 2.72. The van der Waals surface area contributed by atoms with Crippen LogP contribution in [-0.2, 0) is 4.79 Å². The van der Waals surface area contributed by atoms with Crippen molar-refractivity contribution in [3.05, 3.63) is 9.98 Å². The zero-order valence-electron chi connectivity index (χ0n) is 8.36. The third-order valence-electron chi connectivity index (χ3n) is 2.80. The Bertz CT molecular complexity index is 394. The van der Waals surface area contributed by atoms with Gasteiger partial charge in [0.05, 0.1) is 5.41 Å². The fraction of sp³-hybridized carbons (Fsp3) is 0.556. The van der Waals surface area contributed by atoms with E-state index in [0.717, 1.165) is 22.7 Å². The fourth-order valence-corrected chi connectivity index (χ4v) is 2.99. The van der Waals surface area contributed by atoms with Gasteiger partial charge in [0.2, 0.25) is 5.91 Å². The van der Waals surface area contributed by atoms with Crippen LogP contribution >= 0.6 is 27.3 Å². The highest BCUT2D eigenvalue weighted by Gasteiger charge is 2.39. The predicted octanol–water partition coefficient (Wildman–Crippen LogP) is 1.61. The largest absolute Gasteiger partial charge is 0.369 e. The first-order chi connectivity index (χ1) is 7.01. The van der Waals surface area contributed by atoms with Gasteiger partial charge in [-0.2, -0.15) is 0 Å². The molecule has 0 radical (unpaired) electrons. The van der Waals surface area contributed by atoms with E-state index in [1.165, 1.54) is 0 Å². The van der Waals surface area contributed by atoms with Crippen LogP contribution in [0.25, 0.3) is 0 Å². The molecule has 1 amide bonds. The van der Waals surface area contributed by atoms with Crippen LogP contribution in [0, 0.1) is 5.41 Å². The van der Waals surface area contributed by atoms with Crippen LogP contribution in [0.1, 0.15) is 13.3 Å². The summed E-state index contributed by atoms with van der Waals surface area (Å²) in [4.78, 5) is 17.7. The predicted molar refractivity (Wildman–Crippen MR) is 63.9 cm³/mol. The van der Waals surface area contributed by atoms with Crippen molar-refractivity contribution < 1.29 is 4.79 Å². The number of carbonyl (C=O) groups is 1. The molecule has 1 aromatic rings. The number of hydrogen-bond acceptors (Lipinski definition) is 4. The van der Waals surface area contributed by atoms with Gasteiger partial charge in [0.1, 0.15) is 4.60 Å². The molecule has 2 N–H and O–H groups in total. The summed E-state index contributed by atoms with van der Waals surface area (Å²) >= 11 is 4.89. The molecule has 0 spiro atoms. The van der Waals surface area contributed by atoms with Crippen LogP contribution in [-0.4, -0.2) is 24.0 Å². The third-order valence-corrected chi connectivity index (χ3v) is 4.41. The Morgan fingerprint density at radius 2 is 2.53 bits per heavy atom. The Morgan fingerprint density at radius 3 is 3.00 bits per heavy atom. The standard InChI is InChI=1S/C9H12BrN3OS/c1-9(7(11)14)2-3-13(5-9)8-12-6(10)4-15-8/h4H,2-3,5H2,1H3,(H2,11,14). The van der Waals surface area contributed by atoms with E-state index in [2.05, 4.69) is 25.8 Å². The lowest BCUT2D eigenvalue weighted by molar-refractivity contribution is -0.125. The molecule has 0 aliphatic carbocycles. The zero-order chi connectivity index (χ0) is 11.1. The van der Waals surface area contributed by atoms with Crippen LogP contribution in [0.4, 0.5) is 5.13 Å². The van der Waals surface area contributed by atoms with Gasteiger partial charge in [0.25, 0.3) is 0 Å². The van der Waals surface area contributed by atoms with Gasteiger partial charge in [-0.15, -0.1) is 11.3 Å². The summed E-state index contributed by atoms with van der Waals surface area (Å²) in [5, 5.41) is 2.89. The van der Waals surface area contributed by atoms with Crippen LogP contribution in [0.2, 0.25) is 0 Å². The summed E-state index contributed by atoms with van der Waals surface area (Å²) in [6.45, 7) is 3.43. The lowest BCUT2D eigenvalue weighted by atomic mass is 9.89. The van der Waals surface area contributed by atoms with Gasteiger partial charge in [-0.25, -0.2) is 4.98 Å². The second-order valence-electron chi connectivity index (χ2n) is 4.05. The Balaban J connectivity index is 2.14. The highest BCUT2D eigenvalue weighted by Crippen LogP contribution is 2.34. The monoisotopic (exact) mass is 289 g/mol. The summed E-state index contributed by atoms with van der Waals surface area (Å²) in [6, 6.07) is 0. The summed E-state index contributed by atoms with van der Waals surface area (Å²) in [6.07, 6.45) is 0.805. The van der Waals surface area contributed by atoms with Crippen molar-refractivity contribution in [1.29, 1.82) is 0 Å². The van der Waals surface area contributed by atoms with Crippen molar-refractivity contribution in [3.8, 4) is 0 Å². The van der Waals surface area contributed by atoms with E-state index >= 15 is 0 Å². The number of nitrogens with zero attached hydrogens (tertiary/aromatic N) is 2. The summed E-state index contributed by atoms with van der Waals surface area (Å²) in [5.41, 5.74) is 4.98. The molecule has 15 heavy (non-hydrogen) atoms. The molecule has 1 fully saturated rings. The maximum absolute atomic E-state index is 11.3. The van der Waals surface area contributed by atoms with Crippen LogP contribution < -0.4 is 10.6 Å². The molecule has 1 saturated heterocycles. The summed E-state index contributed by atoms with van der Waals surface area (Å²) in [7, 11) is 0. The number of amides is 1. The molecule has 1 atom stereocenters. The van der Waals surface area contributed by atoms with Crippen molar-refractivity contribution in [1.82, 2.24) is 4.98 Å². The molecular weight excluding hydrogens is 278 g/mol. The highest BCUT2D eigenvalue weighted by molar-refractivity contribution is 9.10.